The molecule has 2 aromatic carbocycles. The standard InChI is InChI=1S/C17H16ClFN2O4S/c1-24-25-16-10-21(26(23)17-5-3-2-4-15(17)20-22)9-13(16)12-7-6-11(18)8-14(12)19/h2-8,13,16H,9-10H2,1H3/t13-,16?,26?/m0/s1. The number of halogens is 2. The van der Waals surface area contributed by atoms with Gasteiger partial charge in [-0.25, -0.2) is 22.7 Å². The monoisotopic (exact) mass is 398 g/mol. The lowest BCUT2D eigenvalue weighted by molar-refractivity contribution is -0.303. The van der Waals surface area contributed by atoms with Crippen molar-refractivity contribution in [1.82, 2.24) is 4.31 Å². The van der Waals surface area contributed by atoms with Gasteiger partial charge in [0.25, 0.3) is 0 Å². The van der Waals surface area contributed by atoms with Gasteiger partial charge in [-0.15, -0.1) is 4.91 Å². The number of hydrogen-bond acceptors (Lipinski definition) is 5. The highest BCUT2D eigenvalue weighted by molar-refractivity contribution is 7.82. The van der Waals surface area contributed by atoms with E-state index in [0.29, 0.717) is 15.5 Å². The number of rotatable bonds is 6. The van der Waals surface area contributed by atoms with Crippen molar-refractivity contribution in [2.24, 2.45) is 5.18 Å². The first-order valence-electron chi connectivity index (χ1n) is 7.78. The van der Waals surface area contributed by atoms with E-state index in [1.165, 1.54) is 19.2 Å². The third kappa shape index (κ3) is 3.84. The van der Waals surface area contributed by atoms with Gasteiger partial charge in [0.05, 0.1) is 12.0 Å². The second-order valence-electron chi connectivity index (χ2n) is 5.73. The van der Waals surface area contributed by atoms with E-state index >= 15 is 0 Å². The molecule has 2 aromatic rings. The van der Waals surface area contributed by atoms with E-state index in [-0.39, 0.29) is 18.8 Å². The Morgan fingerprint density at radius 2 is 2.04 bits per heavy atom. The predicted octanol–water partition coefficient (Wildman–Crippen LogP) is 3.95. The molecule has 0 amide bonds. The van der Waals surface area contributed by atoms with E-state index in [0.717, 1.165) is 0 Å². The van der Waals surface area contributed by atoms with Gasteiger partial charge < -0.3 is 0 Å². The van der Waals surface area contributed by atoms with Crippen LogP contribution < -0.4 is 0 Å². The fourth-order valence-electron chi connectivity index (χ4n) is 3.02. The lowest BCUT2D eigenvalue weighted by Crippen LogP contribution is -2.25. The minimum atomic E-state index is -1.64. The van der Waals surface area contributed by atoms with Gasteiger partial charge in [0, 0.05) is 24.0 Å². The lowest BCUT2D eigenvalue weighted by atomic mass is 9.96. The number of benzene rings is 2. The molecule has 1 saturated heterocycles. The molecule has 6 nitrogen and oxygen atoms in total. The summed E-state index contributed by atoms with van der Waals surface area (Å²) in [7, 11) is -0.283. The molecule has 1 aliphatic rings. The molecule has 1 aliphatic heterocycles. The molecule has 0 bridgehead atoms. The minimum Gasteiger partial charge on any atom is -0.240 e. The van der Waals surface area contributed by atoms with Crippen LogP contribution in [0.3, 0.4) is 0 Å². The molecule has 3 rings (SSSR count). The molecule has 1 fully saturated rings. The average Bonchev–Trinajstić information content (AvgIpc) is 3.05. The summed E-state index contributed by atoms with van der Waals surface area (Å²) >= 11 is 5.82. The maximum Gasteiger partial charge on any atom is 0.130 e. The molecule has 2 unspecified atom stereocenters. The highest BCUT2D eigenvalue weighted by Gasteiger charge is 2.40. The fraction of sp³-hybridized carbons (Fsp3) is 0.294. The van der Waals surface area contributed by atoms with Crippen LogP contribution in [-0.2, 0) is 20.8 Å². The third-order valence-electron chi connectivity index (χ3n) is 4.20. The summed E-state index contributed by atoms with van der Waals surface area (Å²) in [4.78, 5) is 21.3. The first-order valence-corrected chi connectivity index (χ1v) is 9.27. The Hall–Kier alpha value is -1.71. The highest BCUT2D eigenvalue weighted by Crippen LogP contribution is 2.35. The summed E-state index contributed by atoms with van der Waals surface area (Å²) in [6.07, 6.45) is -0.532. The summed E-state index contributed by atoms with van der Waals surface area (Å²) in [5.74, 6) is -0.873. The SMILES string of the molecule is COOC1CN(S(=O)c2ccccc2N=O)C[C@H]1c1ccc(Cl)cc1F. The Balaban J connectivity index is 1.89. The molecule has 0 radical (unpaired) electrons. The summed E-state index contributed by atoms with van der Waals surface area (Å²) in [5, 5.41) is 3.21. The van der Waals surface area contributed by atoms with Crippen LogP contribution in [0.4, 0.5) is 10.1 Å². The number of nitrogens with zero attached hydrogens (tertiary/aromatic N) is 2. The van der Waals surface area contributed by atoms with Crippen molar-refractivity contribution in [2.45, 2.75) is 16.9 Å². The molecule has 0 N–H and O–H groups in total. The van der Waals surface area contributed by atoms with Gasteiger partial charge in [0.15, 0.2) is 0 Å². The van der Waals surface area contributed by atoms with Crippen LogP contribution in [0.1, 0.15) is 11.5 Å². The average molecular weight is 399 g/mol. The Bertz CT molecular complexity index is 838. The molecule has 9 heteroatoms. The molecule has 1 heterocycles. The van der Waals surface area contributed by atoms with Gasteiger partial charge in [0.2, 0.25) is 0 Å². The maximum absolute atomic E-state index is 14.4. The van der Waals surface area contributed by atoms with Crippen LogP contribution >= 0.6 is 11.6 Å². The predicted molar refractivity (Wildman–Crippen MR) is 95.9 cm³/mol. The van der Waals surface area contributed by atoms with Crippen LogP contribution in [0, 0.1) is 10.7 Å². The number of hydrogen-bond donors (Lipinski definition) is 0. The quantitative estimate of drug-likeness (QED) is 0.420. The fourth-order valence-corrected chi connectivity index (χ4v) is 4.51. The molecule has 0 spiro atoms. The molecule has 3 atom stereocenters. The van der Waals surface area contributed by atoms with Crippen LogP contribution in [-0.4, -0.2) is 34.8 Å². The van der Waals surface area contributed by atoms with E-state index in [4.69, 9.17) is 21.4 Å². The van der Waals surface area contributed by atoms with Crippen molar-refractivity contribution in [3.63, 3.8) is 0 Å². The van der Waals surface area contributed by atoms with Crippen molar-refractivity contribution >= 4 is 28.3 Å². The van der Waals surface area contributed by atoms with Gasteiger partial charge in [-0.05, 0) is 35.0 Å². The third-order valence-corrected chi connectivity index (χ3v) is 5.92. The van der Waals surface area contributed by atoms with Crippen molar-refractivity contribution in [3.05, 3.63) is 63.8 Å². The van der Waals surface area contributed by atoms with Gasteiger partial charge in [-0.1, -0.05) is 29.8 Å². The van der Waals surface area contributed by atoms with Gasteiger partial charge in [-0.2, -0.15) is 0 Å². The largest absolute Gasteiger partial charge is 0.240 e. The van der Waals surface area contributed by atoms with Crippen molar-refractivity contribution in [1.29, 1.82) is 0 Å². The lowest BCUT2D eigenvalue weighted by Gasteiger charge is -2.17. The van der Waals surface area contributed by atoms with E-state index in [2.05, 4.69) is 5.18 Å². The van der Waals surface area contributed by atoms with Crippen molar-refractivity contribution < 1.29 is 18.4 Å². The topological polar surface area (TPSA) is 68.2 Å². The minimum absolute atomic E-state index is 0.108. The summed E-state index contributed by atoms with van der Waals surface area (Å²) in [6.45, 7) is 0.493. The molecule has 0 aliphatic carbocycles. The first kappa shape index (κ1) is 19.1. The first-order chi connectivity index (χ1) is 12.5. The number of nitroso groups, excluding NO2 is 1. The molecule has 0 saturated carbocycles. The van der Waals surface area contributed by atoms with Crippen molar-refractivity contribution in [2.75, 3.05) is 20.2 Å². The Morgan fingerprint density at radius 3 is 2.73 bits per heavy atom. The van der Waals surface area contributed by atoms with E-state index < -0.39 is 28.8 Å². The molecule has 26 heavy (non-hydrogen) atoms. The Kier molecular flexibility index (Phi) is 6.10. The maximum atomic E-state index is 14.4. The van der Waals surface area contributed by atoms with E-state index in [1.807, 2.05) is 0 Å². The van der Waals surface area contributed by atoms with Crippen LogP contribution in [0.15, 0.2) is 52.5 Å². The Morgan fingerprint density at radius 1 is 1.27 bits per heavy atom. The molecule has 0 aromatic heterocycles. The Labute approximate surface area is 157 Å². The molecular weight excluding hydrogens is 383 g/mol. The van der Waals surface area contributed by atoms with Gasteiger partial charge in [0.1, 0.15) is 28.6 Å². The zero-order chi connectivity index (χ0) is 18.7. The van der Waals surface area contributed by atoms with Crippen molar-refractivity contribution in [3.8, 4) is 0 Å². The normalized spacial score (nSPS) is 21.7. The smallest absolute Gasteiger partial charge is 0.130 e. The summed E-state index contributed by atoms with van der Waals surface area (Å²) < 4.78 is 28.9. The molecule has 138 valence electrons. The zero-order valence-electron chi connectivity index (χ0n) is 13.8. The molecular formula is C17H16ClFN2O4S. The van der Waals surface area contributed by atoms with Gasteiger partial charge >= 0.3 is 0 Å². The summed E-state index contributed by atoms with van der Waals surface area (Å²) in [5.41, 5.74) is 0.508. The van der Waals surface area contributed by atoms with E-state index in [1.54, 1.807) is 34.6 Å². The van der Waals surface area contributed by atoms with Crippen LogP contribution in [0.25, 0.3) is 0 Å². The van der Waals surface area contributed by atoms with Gasteiger partial charge in [-0.3, -0.25) is 0 Å². The second kappa shape index (κ2) is 8.32. The second-order valence-corrected chi connectivity index (χ2v) is 7.62. The van der Waals surface area contributed by atoms with Crippen LogP contribution in [0.5, 0.6) is 0 Å². The highest BCUT2D eigenvalue weighted by atomic mass is 35.5. The summed E-state index contributed by atoms with van der Waals surface area (Å²) in [6, 6.07) is 10.8. The van der Waals surface area contributed by atoms with Crippen LogP contribution in [0.2, 0.25) is 5.02 Å². The zero-order valence-corrected chi connectivity index (χ0v) is 15.4. The van der Waals surface area contributed by atoms with E-state index in [9.17, 15) is 13.5 Å².